The average Bonchev–Trinajstić information content (AvgIpc) is 2.91. The first-order valence-electron chi connectivity index (χ1n) is 12.2. The van der Waals surface area contributed by atoms with Crippen LogP contribution in [0.1, 0.15) is 37.7 Å². The molecule has 0 bridgehead atoms. The molecule has 2 heterocycles. The van der Waals surface area contributed by atoms with E-state index in [1.807, 2.05) is 30.3 Å². The van der Waals surface area contributed by atoms with Crippen molar-refractivity contribution in [2.75, 3.05) is 17.1 Å². The number of aromatic nitrogens is 3. The molecule has 187 valence electrons. The molecule has 0 unspecified atom stereocenters. The Kier molecular flexibility index (Phi) is 9.55. The third-order valence-electron chi connectivity index (χ3n) is 6.55. The van der Waals surface area contributed by atoms with E-state index in [9.17, 15) is 8.42 Å². The number of rotatable bonds is 8. The van der Waals surface area contributed by atoms with Gasteiger partial charge in [-0.1, -0.05) is 50.3 Å². The predicted molar refractivity (Wildman–Crippen MR) is 147 cm³/mol. The zero-order valence-electron chi connectivity index (χ0n) is 21.1. The van der Waals surface area contributed by atoms with Crippen molar-refractivity contribution in [3.8, 4) is 5.75 Å². The molecular weight excluding hydrogens is 513 g/mol. The fourth-order valence-electron chi connectivity index (χ4n) is 4.66. The average molecular weight is 543 g/mol. The van der Waals surface area contributed by atoms with Crippen LogP contribution < -0.4 is 14.8 Å². The number of sulfonamides is 1. The normalized spacial score (nSPS) is 14.1. The SMILES string of the molecule is COc1ccc(CC2CCCCC2)c(Nc2nc3ccccc3nc2NS(=O)(=O)c2cccnc2)c1.[K]. The summed E-state index contributed by atoms with van der Waals surface area (Å²) in [6.45, 7) is 0. The van der Waals surface area contributed by atoms with Gasteiger partial charge < -0.3 is 10.1 Å². The third kappa shape index (κ3) is 6.87. The van der Waals surface area contributed by atoms with Crippen LogP contribution in [0.15, 0.2) is 71.9 Å². The van der Waals surface area contributed by atoms with E-state index in [-0.39, 0.29) is 62.1 Å². The summed E-state index contributed by atoms with van der Waals surface area (Å²) in [5.41, 5.74) is 3.20. The second kappa shape index (κ2) is 12.6. The Morgan fingerprint density at radius 1 is 0.946 bits per heavy atom. The van der Waals surface area contributed by atoms with E-state index >= 15 is 0 Å². The van der Waals surface area contributed by atoms with Gasteiger partial charge in [0.2, 0.25) is 0 Å². The topological polar surface area (TPSA) is 106 Å². The maximum atomic E-state index is 13.1. The summed E-state index contributed by atoms with van der Waals surface area (Å²) in [4.78, 5) is 13.3. The number of nitrogens with zero attached hydrogens (tertiary/aromatic N) is 3. The van der Waals surface area contributed by atoms with Gasteiger partial charge in [-0.3, -0.25) is 9.71 Å². The molecule has 0 aliphatic heterocycles. The molecule has 1 aliphatic carbocycles. The summed E-state index contributed by atoms with van der Waals surface area (Å²) in [5, 5.41) is 3.38. The van der Waals surface area contributed by atoms with Crippen LogP contribution in [-0.2, 0) is 16.4 Å². The second-order valence-electron chi connectivity index (χ2n) is 9.06. The summed E-state index contributed by atoms with van der Waals surface area (Å²) < 4.78 is 34.3. The fraction of sp³-hybridized carbons (Fsp3) is 0.296. The molecule has 8 nitrogen and oxygen atoms in total. The second-order valence-corrected chi connectivity index (χ2v) is 10.7. The molecule has 2 aromatic carbocycles. The van der Waals surface area contributed by atoms with Crippen molar-refractivity contribution < 1.29 is 13.2 Å². The maximum Gasteiger partial charge on any atom is 0.264 e. The van der Waals surface area contributed by atoms with Crippen LogP contribution in [0, 0.1) is 5.92 Å². The van der Waals surface area contributed by atoms with Crippen LogP contribution in [-0.4, -0.2) is 81.9 Å². The van der Waals surface area contributed by atoms with Gasteiger partial charge in [0.05, 0.1) is 18.1 Å². The van der Waals surface area contributed by atoms with Crippen LogP contribution >= 0.6 is 0 Å². The van der Waals surface area contributed by atoms with Gasteiger partial charge in [-0.15, -0.1) is 0 Å². The Labute approximate surface area is 260 Å². The molecule has 4 aromatic rings. The van der Waals surface area contributed by atoms with Gasteiger partial charge in [0.25, 0.3) is 10.0 Å². The van der Waals surface area contributed by atoms with E-state index < -0.39 is 10.0 Å². The smallest absolute Gasteiger partial charge is 0.264 e. The van der Waals surface area contributed by atoms with Crippen molar-refractivity contribution >= 4 is 89.8 Å². The van der Waals surface area contributed by atoms with Crippen molar-refractivity contribution in [1.82, 2.24) is 15.0 Å². The Morgan fingerprint density at radius 3 is 2.35 bits per heavy atom. The van der Waals surface area contributed by atoms with Gasteiger partial charge in [0.15, 0.2) is 11.6 Å². The van der Waals surface area contributed by atoms with Crippen molar-refractivity contribution in [2.24, 2.45) is 5.92 Å². The van der Waals surface area contributed by atoms with Crippen LogP contribution in [0.3, 0.4) is 0 Å². The third-order valence-corrected chi connectivity index (χ3v) is 7.87. The number of pyridine rings is 1. The van der Waals surface area contributed by atoms with E-state index in [4.69, 9.17) is 9.72 Å². The molecule has 1 saturated carbocycles. The molecule has 1 radical (unpaired) electrons. The predicted octanol–water partition coefficient (Wildman–Crippen LogP) is 5.32. The number of benzene rings is 2. The number of ether oxygens (including phenoxy) is 1. The summed E-state index contributed by atoms with van der Waals surface area (Å²) in [6.07, 6.45) is 10.0. The van der Waals surface area contributed by atoms with E-state index in [0.29, 0.717) is 28.5 Å². The maximum absolute atomic E-state index is 13.1. The number of para-hydroxylation sites is 2. The zero-order chi connectivity index (χ0) is 25.0. The number of fused-ring (bicyclic) bond motifs is 1. The van der Waals surface area contributed by atoms with Crippen molar-refractivity contribution in [2.45, 2.75) is 43.4 Å². The number of anilines is 3. The summed E-state index contributed by atoms with van der Waals surface area (Å²) in [5.74, 6) is 1.76. The Morgan fingerprint density at radius 2 is 1.68 bits per heavy atom. The van der Waals surface area contributed by atoms with Crippen molar-refractivity contribution in [1.29, 1.82) is 0 Å². The molecule has 1 fully saturated rings. The van der Waals surface area contributed by atoms with Crippen molar-refractivity contribution in [3.05, 3.63) is 72.6 Å². The first-order chi connectivity index (χ1) is 17.5. The molecule has 2 N–H and O–H groups in total. The minimum Gasteiger partial charge on any atom is -0.497 e. The number of hydrogen-bond donors (Lipinski definition) is 2. The summed E-state index contributed by atoms with van der Waals surface area (Å²) >= 11 is 0. The Balaban J connectivity index is 0.00000320. The van der Waals surface area contributed by atoms with E-state index in [1.54, 1.807) is 19.2 Å². The van der Waals surface area contributed by atoms with Crippen LogP contribution in [0.5, 0.6) is 5.75 Å². The molecular formula is C27H29KN5O3S. The van der Waals surface area contributed by atoms with Gasteiger partial charge in [0.1, 0.15) is 10.6 Å². The Hall–Kier alpha value is -2.08. The van der Waals surface area contributed by atoms with Gasteiger partial charge >= 0.3 is 0 Å². The van der Waals surface area contributed by atoms with Gasteiger partial charge in [-0.05, 0) is 48.2 Å². The standard InChI is InChI=1S/C27H29N5O3S.K/c1-35-21-14-13-20(16-19-8-3-2-4-9-19)25(17-21)31-26-27(30-24-12-6-5-11-23(24)29-26)32-36(33,34)22-10-7-15-28-18-22;/h5-7,10-15,17-19H,2-4,8-9,16H2,1H3,(H,29,31)(H,30,32);. The van der Waals surface area contributed by atoms with E-state index in [2.05, 4.69) is 26.1 Å². The number of hydrogen-bond acceptors (Lipinski definition) is 7. The monoisotopic (exact) mass is 542 g/mol. The number of nitrogens with one attached hydrogen (secondary N) is 2. The summed E-state index contributed by atoms with van der Waals surface area (Å²) in [6, 6.07) is 16.4. The van der Waals surface area contributed by atoms with Gasteiger partial charge in [0, 0.05) is 75.5 Å². The molecule has 10 heteroatoms. The molecule has 0 atom stereocenters. The first kappa shape index (κ1) is 27.9. The minimum absolute atomic E-state index is 0. The Bertz CT molecular complexity index is 1460. The van der Waals surface area contributed by atoms with Crippen LogP contribution in [0.2, 0.25) is 0 Å². The molecule has 37 heavy (non-hydrogen) atoms. The van der Waals surface area contributed by atoms with Gasteiger partial charge in [-0.2, -0.15) is 0 Å². The minimum atomic E-state index is -3.92. The fourth-order valence-corrected chi connectivity index (χ4v) is 5.63. The summed E-state index contributed by atoms with van der Waals surface area (Å²) in [7, 11) is -2.29. The van der Waals surface area contributed by atoms with Crippen LogP contribution in [0.25, 0.3) is 11.0 Å². The van der Waals surface area contributed by atoms with Crippen LogP contribution in [0.4, 0.5) is 17.3 Å². The number of methoxy groups -OCH3 is 1. The molecule has 1 aliphatic rings. The van der Waals surface area contributed by atoms with Crippen molar-refractivity contribution in [3.63, 3.8) is 0 Å². The molecule has 2 aromatic heterocycles. The largest absolute Gasteiger partial charge is 0.497 e. The zero-order valence-corrected chi connectivity index (χ0v) is 25.1. The molecule has 0 amide bonds. The van der Waals surface area contributed by atoms with Gasteiger partial charge in [-0.25, -0.2) is 18.4 Å². The van der Waals surface area contributed by atoms with E-state index in [0.717, 1.165) is 17.7 Å². The molecule has 0 spiro atoms. The molecule has 0 saturated heterocycles. The molecule has 5 rings (SSSR count). The first-order valence-corrected chi connectivity index (χ1v) is 13.6. The quantitative estimate of drug-likeness (QED) is 0.290. The van der Waals surface area contributed by atoms with E-state index in [1.165, 1.54) is 50.6 Å².